The normalized spacial score (nSPS) is 13.1. The van der Waals surface area contributed by atoms with Gasteiger partial charge in [0, 0.05) is 30.1 Å². The standard InChI is InChI=1S/C24H30N4O3/c1-15(2)28-24-20(14-26-28)16(3)19(17(4)27-24)6-8-23(29)25-10-9-18-5-7-21-22(13-18)31-12-11-30-21/h5,7,13-15H,6,8-12H2,1-4H3,(H,25,29). The van der Waals surface area contributed by atoms with Gasteiger partial charge >= 0.3 is 0 Å². The molecule has 164 valence electrons. The first-order valence-corrected chi connectivity index (χ1v) is 10.9. The van der Waals surface area contributed by atoms with Gasteiger partial charge in [-0.25, -0.2) is 9.67 Å². The van der Waals surface area contributed by atoms with E-state index in [2.05, 4.69) is 31.2 Å². The minimum Gasteiger partial charge on any atom is -0.486 e. The predicted octanol–water partition coefficient (Wildman–Crippen LogP) is 3.69. The molecule has 0 spiro atoms. The first-order valence-electron chi connectivity index (χ1n) is 10.9. The number of aromatic nitrogens is 3. The maximum absolute atomic E-state index is 12.4. The minimum atomic E-state index is 0.0503. The average molecular weight is 423 g/mol. The summed E-state index contributed by atoms with van der Waals surface area (Å²) in [6.07, 6.45) is 3.74. The molecule has 0 atom stereocenters. The Bertz CT molecular complexity index is 1100. The lowest BCUT2D eigenvalue weighted by molar-refractivity contribution is -0.121. The van der Waals surface area contributed by atoms with E-state index in [1.54, 1.807) is 0 Å². The number of pyridine rings is 1. The van der Waals surface area contributed by atoms with E-state index in [0.29, 0.717) is 32.6 Å². The first-order chi connectivity index (χ1) is 14.9. The molecule has 0 unspecified atom stereocenters. The number of benzene rings is 1. The molecule has 1 aromatic carbocycles. The Hall–Kier alpha value is -3.09. The first kappa shape index (κ1) is 21.2. The Morgan fingerprint density at radius 3 is 2.71 bits per heavy atom. The van der Waals surface area contributed by atoms with Crippen molar-refractivity contribution in [1.82, 2.24) is 20.1 Å². The Morgan fingerprint density at radius 2 is 1.94 bits per heavy atom. The molecule has 31 heavy (non-hydrogen) atoms. The number of hydrogen-bond donors (Lipinski definition) is 1. The molecule has 1 aliphatic heterocycles. The van der Waals surface area contributed by atoms with Crippen molar-refractivity contribution in [2.75, 3.05) is 19.8 Å². The van der Waals surface area contributed by atoms with Crippen molar-refractivity contribution in [2.24, 2.45) is 0 Å². The van der Waals surface area contributed by atoms with Crippen LogP contribution in [0.2, 0.25) is 0 Å². The van der Waals surface area contributed by atoms with E-state index in [1.807, 2.05) is 36.0 Å². The number of fused-ring (bicyclic) bond motifs is 2. The number of carbonyl (C=O) groups excluding carboxylic acids is 1. The van der Waals surface area contributed by atoms with Crippen LogP contribution in [-0.2, 0) is 17.6 Å². The molecule has 4 rings (SSSR count). The highest BCUT2D eigenvalue weighted by Gasteiger charge is 2.16. The van der Waals surface area contributed by atoms with Gasteiger partial charge in [0.2, 0.25) is 5.91 Å². The van der Waals surface area contributed by atoms with Gasteiger partial charge in [0.15, 0.2) is 17.1 Å². The molecule has 1 N–H and O–H groups in total. The largest absolute Gasteiger partial charge is 0.486 e. The second-order valence-corrected chi connectivity index (χ2v) is 8.30. The van der Waals surface area contributed by atoms with Crippen LogP contribution in [0.4, 0.5) is 0 Å². The van der Waals surface area contributed by atoms with Crippen molar-refractivity contribution in [3.63, 3.8) is 0 Å². The van der Waals surface area contributed by atoms with E-state index in [0.717, 1.165) is 45.8 Å². The molecule has 2 aromatic heterocycles. The van der Waals surface area contributed by atoms with E-state index in [-0.39, 0.29) is 11.9 Å². The summed E-state index contributed by atoms with van der Waals surface area (Å²) in [7, 11) is 0. The molecule has 1 aliphatic rings. The van der Waals surface area contributed by atoms with E-state index < -0.39 is 0 Å². The van der Waals surface area contributed by atoms with Crippen molar-refractivity contribution in [3.8, 4) is 11.5 Å². The number of rotatable bonds is 7. The van der Waals surface area contributed by atoms with Crippen molar-refractivity contribution in [1.29, 1.82) is 0 Å². The number of nitrogens with one attached hydrogen (secondary N) is 1. The monoisotopic (exact) mass is 422 g/mol. The van der Waals surface area contributed by atoms with Crippen molar-refractivity contribution in [3.05, 3.63) is 46.8 Å². The van der Waals surface area contributed by atoms with Crippen LogP contribution in [-0.4, -0.2) is 40.4 Å². The van der Waals surface area contributed by atoms with Gasteiger partial charge in [0.25, 0.3) is 0 Å². The lowest BCUT2D eigenvalue weighted by Gasteiger charge is -2.18. The molecule has 0 bridgehead atoms. The Morgan fingerprint density at radius 1 is 1.16 bits per heavy atom. The van der Waals surface area contributed by atoms with Crippen LogP contribution in [0.25, 0.3) is 11.0 Å². The third-order valence-corrected chi connectivity index (χ3v) is 5.77. The van der Waals surface area contributed by atoms with Crippen molar-refractivity contribution in [2.45, 2.75) is 53.0 Å². The van der Waals surface area contributed by atoms with Gasteiger partial charge in [-0.3, -0.25) is 4.79 Å². The van der Waals surface area contributed by atoms with Crippen LogP contribution in [0.3, 0.4) is 0 Å². The molecular weight excluding hydrogens is 392 g/mol. The summed E-state index contributed by atoms with van der Waals surface area (Å²) < 4.78 is 13.1. The Kier molecular flexibility index (Phi) is 6.11. The number of amides is 1. The molecule has 0 radical (unpaired) electrons. The zero-order chi connectivity index (χ0) is 22.0. The molecule has 0 fully saturated rings. The van der Waals surface area contributed by atoms with Crippen LogP contribution < -0.4 is 14.8 Å². The fourth-order valence-corrected chi connectivity index (χ4v) is 4.05. The molecular formula is C24H30N4O3. The number of nitrogens with zero attached hydrogens (tertiary/aromatic N) is 3. The fraction of sp³-hybridized carbons (Fsp3) is 0.458. The summed E-state index contributed by atoms with van der Waals surface area (Å²) in [5.74, 6) is 1.62. The summed E-state index contributed by atoms with van der Waals surface area (Å²) in [5, 5.41) is 8.58. The molecule has 0 aliphatic carbocycles. The van der Waals surface area contributed by atoms with Crippen LogP contribution in [0, 0.1) is 13.8 Å². The summed E-state index contributed by atoms with van der Waals surface area (Å²) in [4.78, 5) is 17.2. The molecule has 7 heteroatoms. The smallest absolute Gasteiger partial charge is 0.220 e. The fourth-order valence-electron chi connectivity index (χ4n) is 4.05. The Labute approximate surface area is 182 Å². The number of hydrogen-bond acceptors (Lipinski definition) is 5. The Balaban J connectivity index is 1.33. The van der Waals surface area contributed by atoms with E-state index in [4.69, 9.17) is 14.5 Å². The molecule has 7 nitrogen and oxygen atoms in total. The average Bonchev–Trinajstić information content (AvgIpc) is 3.17. The van der Waals surface area contributed by atoms with Gasteiger partial charge in [0.05, 0.1) is 6.20 Å². The highest BCUT2D eigenvalue weighted by molar-refractivity contribution is 5.81. The number of carbonyl (C=O) groups is 1. The van der Waals surface area contributed by atoms with E-state index >= 15 is 0 Å². The molecule has 0 saturated carbocycles. The van der Waals surface area contributed by atoms with Gasteiger partial charge in [0.1, 0.15) is 13.2 Å². The number of ether oxygens (including phenoxy) is 2. The number of aryl methyl sites for hydroxylation is 2. The molecule has 0 saturated heterocycles. The maximum Gasteiger partial charge on any atom is 0.220 e. The van der Waals surface area contributed by atoms with Crippen molar-refractivity contribution >= 4 is 16.9 Å². The van der Waals surface area contributed by atoms with Gasteiger partial charge in [-0.1, -0.05) is 6.07 Å². The topological polar surface area (TPSA) is 78.3 Å². The molecule has 3 aromatic rings. The minimum absolute atomic E-state index is 0.0503. The van der Waals surface area contributed by atoms with Crippen LogP contribution >= 0.6 is 0 Å². The third-order valence-electron chi connectivity index (χ3n) is 5.77. The van der Waals surface area contributed by atoms with Gasteiger partial charge in [-0.2, -0.15) is 5.10 Å². The van der Waals surface area contributed by atoms with Gasteiger partial charge < -0.3 is 14.8 Å². The maximum atomic E-state index is 12.4. The second-order valence-electron chi connectivity index (χ2n) is 8.30. The zero-order valence-electron chi connectivity index (χ0n) is 18.7. The van der Waals surface area contributed by atoms with Gasteiger partial charge in [-0.15, -0.1) is 0 Å². The van der Waals surface area contributed by atoms with E-state index in [9.17, 15) is 4.79 Å². The summed E-state index contributed by atoms with van der Waals surface area (Å²) in [5.41, 5.74) is 5.30. The SMILES string of the molecule is Cc1nc2c(cnn2C(C)C)c(C)c1CCC(=O)NCCc1ccc2c(c1)OCCO2. The van der Waals surface area contributed by atoms with Crippen LogP contribution in [0.15, 0.2) is 24.4 Å². The summed E-state index contributed by atoms with van der Waals surface area (Å²) in [6, 6.07) is 6.20. The lowest BCUT2D eigenvalue weighted by Crippen LogP contribution is -2.26. The van der Waals surface area contributed by atoms with Crippen molar-refractivity contribution < 1.29 is 14.3 Å². The lowest BCUT2D eigenvalue weighted by atomic mass is 10.0. The third kappa shape index (κ3) is 4.50. The van der Waals surface area contributed by atoms with Crippen LogP contribution in [0.1, 0.15) is 48.7 Å². The highest BCUT2D eigenvalue weighted by atomic mass is 16.6. The molecule has 1 amide bonds. The highest BCUT2D eigenvalue weighted by Crippen LogP contribution is 2.30. The van der Waals surface area contributed by atoms with Crippen LogP contribution in [0.5, 0.6) is 11.5 Å². The second kappa shape index (κ2) is 8.96. The molecule has 3 heterocycles. The van der Waals surface area contributed by atoms with Gasteiger partial charge in [-0.05, 0) is 69.4 Å². The zero-order valence-corrected chi connectivity index (χ0v) is 18.7. The summed E-state index contributed by atoms with van der Waals surface area (Å²) >= 11 is 0. The predicted molar refractivity (Wildman–Crippen MR) is 120 cm³/mol. The quantitative estimate of drug-likeness (QED) is 0.628. The summed E-state index contributed by atoms with van der Waals surface area (Å²) in [6.45, 7) is 10.1. The van der Waals surface area contributed by atoms with E-state index in [1.165, 1.54) is 5.56 Å².